The number of benzene rings is 2. The van der Waals surface area contributed by atoms with Gasteiger partial charge >= 0.3 is 0 Å². The Bertz CT molecular complexity index is 833. The molecule has 2 aromatic carbocycles. The van der Waals surface area contributed by atoms with Crippen molar-refractivity contribution in [2.45, 2.75) is 13.3 Å². The quantitative estimate of drug-likeness (QED) is 0.733. The highest BCUT2D eigenvalue weighted by atomic mass is 19.1. The van der Waals surface area contributed by atoms with Gasteiger partial charge in [-0.15, -0.1) is 0 Å². The topological polar surface area (TPSA) is 63.1 Å². The summed E-state index contributed by atoms with van der Waals surface area (Å²) < 4.78 is 18.8. The van der Waals surface area contributed by atoms with Gasteiger partial charge in [-0.1, -0.05) is 25.1 Å². The van der Waals surface area contributed by atoms with Crippen LogP contribution in [-0.4, -0.2) is 56.0 Å². The van der Waals surface area contributed by atoms with Gasteiger partial charge in [0.05, 0.1) is 26.2 Å². The Morgan fingerprint density at radius 3 is 2.52 bits per heavy atom. The number of amides is 2. The second-order valence-corrected chi connectivity index (χ2v) is 7.15. The van der Waals surface area contributed by atoms with Crippen LogP contribution in [0.4, 0.5) is 10.1 Å². The zero-order valence-electron chi connectivity index (χ0n) is 16.6. The van der Waals surface area contributed by atoms with E-state index in [9.17, 15) is 14.0 Å². The minimum atomic E-state index is -0.384. The molecule has 1 saturated heterocycles. The lowest BCUT2D eigenvalue weighted by Crippen LogP contribution is -3.15. The fraction of sp³-hybridized carbons (Fsp3) is 0.364. The smallest absolute Gasteiger partial charge is 0.279 e. The minimum Gasteiger partial charge on any atom is -0.484 e. The van der Waals surface area contributed by atoms with Gasteiger partial charge in [0.15, 0.2) is 13.2 Å². The zero-order chi connectivity index (χ0) is 20.6. The number of carbonyl (C=O) groups excluding carboxylic acids is 2. The number of carbonyl (C=O) groups is 2. The maximum atomic E-state index is 13.2. The second-order valence-electron chi connectivity index (χ2n) is 7.15. The fourth-order valence-corrected chi connectivity index (χ4v) is 3.31. The van der Waals surface area contributed by atoms with Crippen LogP contribution in [-0.2, 0) is 16.0 Å². The summed E-state index contributed by atoms with van der Waals surface area (Å²) in [6.07, 6.45) is 0.964. The Morgan fingerprint density at radius 1 is 1.14 bits per heavy atom. The van der Waals surface area contributed by atoms with Crippen LogP contribution in [0.5, 0.6) is 5.75 Å². The van der Waals surface area contributed by atoms with E-state index in [1.807, 2.05) is 24.3 Å². The molecule has 0 aromatic heterocycles. The molecule has 1 aliphatic rings. The highest BCUT2D eigenvalue weighted by Crippen LogP contribution is 2.12. The van der Waals surface area contributed by atoms with Crippen LogP contribution < -0.4 is 15.0 Å². The van der Waals surface area contributed by atoms with E-state index in [0.29, 0.717) is 44.2 Å². The summed E-state index contributed by atoms with van der Waals surface area (Å²) in [6, 6.07) is 13.6. The highest BCUT2D eigenvalue weighted by molar-refractivity contribution is 5.91. The number of nitrogens with zero attached hydrogens (tertiary/aromatic N) is 1. The molecule has 154 valence electrons. The molecular weight excluding hydrogens is 373 g/mol. The van der Waals surface area contributed by atoms with E-state index in [4.69, 9.17) is 4.74 Å². The highest BCUT2D eigenvalue weighted by Gasteiger charge is 2.25. The molecule has 2 aromatic rings. The number of aryl methyl sites for hydroxylation is 1. The molecular formula is C22H27FN3O3+. The number of halogens is 1. The Labute approximate surface area is 170 Å². The summed E-state index contributed by atoms with van der Waals surface area (Å²) in [5, 5.41) is 2.71. The minimum absolute atomic E-state index is 0.0147. The van der Waals surface area contributed by atoms with Crippen LogP contribution in [0, 0.1) is 5.82 Å². The maximum absolute atomic E-state index is 13.2. The van der Waals surface area contributed by atoms with Gasteiger partial charge in [0, 0.05) is 5.69 Å². The van der Waals surface area contributed by atoms with Crippen molar-refractivity contribution in [2.24, 2.45) is 0 Å². The average Bonchev–Trinajstić information content (AvgIpc) is 2.73. The molecule has 2 N–H and O–H groups in total. The third-order valence-electron chi connectivity index (χ3n) is 5.04. The van der Waals surface area contributed by atoms with Crippen molar-refractivity contribution in [1.29, 1.82) is 0 Å². The first kappa shape index (κ1) is 20.8. The molecule has 1 aliphatic heterocycles. The number of quaternary nitrogens is 1. The van der Waals surface area contributed by atoms with Gasteiger partial charge < -0.3 is 19.9 Å². The number of piperazine rings is 1. The molecule has 0 bridgehead atoms. The van der Waals surface area contributed by atoms with Crippen LogP contribution in [0.15, 0.2) is 48.5 Å². The monoisotopic (exact) mass is 400 g/mol. The number of hydrogen-bond donors (Lipinski definition) is 2. The molecule has 29 heavy (non-hydrogen) atoms. The van der Waals surface area contributed by atoms with Gasteiger partial charge in [-0.05, 0) is 42.3 Å². The van der Waals surface area contributed by atoms with E-state index in [1.54, 1.807) is 17.0 Å². The maximum Gasteiger partial charge on any atom is 0.279 e. The summed E-state index contributed by atoms with van der Waals surface area (Å²) in [7, 11) is 0. The number of hydrogen-bond acceptors (Lipinski definition) is 3. The van der Waals surface area contributed by atoms with Crippen molar-refractivity contribution in [2.75, 3.05) is 44.6 Å². The molecule has 3 rings (SSSR count). The van der Waals surface area contributed by atoms with Gasteiger partial charge in [-0.3, -0.25) is 9.59 Å². The van der Waals surface area contributed by atoms with Crippen LogP contribution in [0.3, 0.4) is 0 Å². The van der Waals surface area contributed by atoms with E-state index in [-0.39, 0.29) is 24.2 Å². The van der Waals surface area contributed by atoms with E-state index in [1.165, 1.54) is 17.7 Å². The Kier molecular flexibility index (Phi) is 7.19. The van der Waals surface area contributed by atoms with E-state index < -0.39 is 0 Å². The normalized spacial score (nSPS) is 14.5. The van der Waals surface area contributed by atoms with Gasteiger partial charge in [0.1, 0.15) is 11.6 Å². The first-order chi connectivity index (χ1) is 14.0. The number of rotatable bonds is 7. The predicted molar refractivity (Wildman–Crippen MR) is 108 cm³/mol. The SMILES string of the molecule is CCc1ccc(OCC(=O)N2CC[NH+](CC(=O)Nc3cccc(F)c3)CC2)cc1. The van der Waals surface area contributed by atoms with Gasteiger partial charge in [-0.25, -0.2) is 4.39 Å². The van der Waals surface area contributed by atoms with Crippen molar-refractivity contribution in [3.05, 3.63) is 59.9 Å². The van der Waals surface area contributed by atoms with Gasteiger partial charge in [0.25, 0.3) is 11.8 Å². The van der Waals surface area contributed by atoms with Crippen LogP contribution in [0.1, 0.15) is 12.5 Å². The molecule has 1 heterocycles. The molecule has 6 nitrogen and oxygen atoms in total. The summed E-state index contributed by atoms with van der Waals surface area (Å²) in [4.78, 5) is 27.4. The molecule has 0 aliphatic carbocycles. The standard InChI is InChI=1S/C22H26FN3O3/c1-2-17-6-8-20(9-7-17)29-16-22(28)26-12-10-25(11-13-26)15-21(27)24-19-5-3-4-18(23)14-19/h3-9,14H,2,10-13,15-16H2,1H3,(H,24,27)/p+1. The molecule has 2 amide bonds. The Morgan fingerprint density at radius 2 is 1.86 bits per heavy atom. The third-order valence-corrected chi connectivity index (χ3v) is 5.04. The largest absolute Gasteiger partial charge is 0.484 e. The summed E-state index contributed by atoms with van der Waals surface area (Å²) in [5.41, 5.74) is 1.68. The van der Waals surface area contributed by atoms with E-state index in [2.05, 4.69) is 12.2 Å². The Balaban J connectivity index is 1.38. The number of ether oxygens (including phenoxy) is 1. The summed E-state index contributed by atoms with van der Waals surface area (Å²) >= 11 is 0. The van der Waals surface area contributed by atoms with Gasteiger partial charge in [-0.2, -0.15) is 0 Å². The lowest BCUT2D eigenvalue weighted by Gasteiger charge is -2.31. The van der Waals surface area contributed by atoms with Crippen LogP contribution in [0.2, 0.25) is 0 Å². The average molecular weight is 400 g/mol. The lowest BCUT2D eigenvalue weighted by molar-refractivity contribution is -0.895. The molecule has 0 saturated carbocycles. The predicted octanol–water partition coefficient (Wildman–Crippen LogP) is 1.13. The molecule has 7 heteroatoms. The van der Waals surface area contributed by atoms with Crippen molar-refractivity contribution in [1.82, 2.24) is 4.90 Å². The van der Waals surface area contributed by atoms with Crippen LogP contribution >= 0.6 is 0 Å². The summed E-state index contributed by atoms with van der Waals surface area (Å²) in [5.74, 6) is 0.0942. The van der Waals surface area contributed by atoms with Crippen molar-refractivity contribution in [3.63, 3.8) is 0 Å². The molecule has 0 unspecified atom stereocenters. The molecule has 0 radical (unpaired) electrons. The fourth-order valence-electron chi connectivity index (χ4n) is 3.31. The van der Waals surface area contributed by atoms with Gasteiger partial charge in [0.2, 0.25) is 0 Å². The van der Waals surface area contributed by atoms with Crippen molar-refractivity contribution in [3.8, 4) is 5.75 Å². The third kappa shape index (κ3) is 6.29. The zero-order valence-corrected chi connectivity index (χ0v) is 16.6. The second kappa shape index (κ2) is 10.0. The molecule has 0 spiro atoms. The van der Waals surface area contributed by atoms with Crippen molar-refractivity contribution >= 4 is 17.5 Å². The number of anilines is 1. The first-order valence-corrected chi connectivity index (χ1v) is 9.92. The summed E-state index contributed by atoms with van der Waals surface area (Å²) in [6.45, 7) is 4.94. The molecule has 1 fully saturated rings. The first-order valence-electron chi connectivity index (χ1n) is 9.92. The van der Waals surface area contributed by atoms with Crippen molar-refractivity contribution < 1.29 is 23.6 Å². The Hall–Kier alpha value is -2.93. The lowest BCUT2D eigenvalue weighted by atomic mass is 10.2. The molecule has 0 atom stereocenters. The van der Waals surface area contributed by atoms with Crippen LogP contribution in [0.25, 0.3) is 0 Å². The van der Waals surface area contributed by atoms with E-state index in [0.717, 1.165) is 11.3 Å². The number of nitrogens with one attached hydrogen (secondary N) is 2. The van der Waals surface area contributed by atoms with E-state index >= 15 is 0 Å².